The summed E-state index contributed by atoms with van der Waals surface area (Å²) in [6.07, 6.45) is 0. The molecule has 0 radical (unpaired) electrons. The maximum atomic E-state index is 9.26. The van der Waals surface area contributed by atoms with Crippen molar-refractivity contribution < 1.29 is 5.11 Å². The summed E-state index contributed by atoms with van der Waals surface area (Å²) in [4.78, 5) is 4.32. The van der Waals surface area contributed by atoms with Crippen LogP contribution < -0.4 is 5.32 Å². The molecule has 0 saturated carbocycles. The van der Waals surface area contributed by atoms with Gasteiger partial charge in [0, 0.05) is 11.6 Å². The first kappa shape index (κ1) is 8.10. The van der Waals surface area contributed by atoms with Crippen LogP contribution in [0.5, 0.6) is 5.75 Å². The standard InChI is InChI=1S/C10H12N2O/c1-7-6-11-10(12-7)8-3-2-4-9(13)5-8/h2-5,7,13H,6H2,1H3,(H,11,12)/t7-/m0/s1. The summed E-state index contributed by atoms with van der Waals surface area (Å²) >= 11 is 0. The van der Waals surface area contributed by atoms with E-state index in [0.717, 1.165) is 17.9 Å². The Bertz CT molecular complexity index is 347. The number of phenolic OH excluding ortho intramolecular Hbond substituents is 1. The van der Waals surface area contributed by atoms with E-state index >= 15 is 0 Å². The van der Waals surface area contributed by atoms with Crippen LogP contribution in [0.3, 0.4) is 0 Å². The van der Waals surface area contributed by atoms with Crippen molar-refractivity contribution in [2.24, 2.45) is 4.99 Å². The first-order valence-corrected chi connectivity index (χ1v) is 4.36. The molecule has 1 aromatic rings. The van der Waals surface area contributed by atoms with Crippen molar-refractivity contribution in [1.29, 1.82) is 0 Å². The van der Waals surface area contributed by atoms with Crippen LogP contribution in [0.2, 0.25) is 0 Å². The van der Waals surface area contributed by atoms with Gasteiger partial charge in [0.2, 0.25) is 0 Å². The van der Waals surface area contributed by atoms with Gasteiger partial charge in [0.1, 0.15) is 11.6 Å². The van der Waals surface area contributed by atoms with E-state index in [1.807, 2.05) is 12.1 Å². The van der Waals surface area contributed by atoms with Crippen LogP contribution >= 0.6 is 0 Å². The van der Waals surface area contributed by atoms with Crippen LogP contribution in [0, 0.1) is 0 Å². The van der Waals surface area contributed by atoms with Gasteiger partial charge in [-0.1, -0.05) is 12.1 Å². The zero-order valence-corrected chi connectivity index (χ0v) is 7.49. The van der Waals surface area contributed by atoms with Gasteiger partial charge in [-0.25, -0.2) is 0 Å². The summed E-state index contributed by atoms with van der Waals surface area (Å²) in [5.41, 5.74) is 0.948. The number of amidine groups is 1. The topological polar surface area (TPSA) is 44.6 Å². The lowest BCUT2D eigenvalue weighted by molar-refractivity contribution is 0.475. The molecule has 0 aromatic heterocycles. The molecule has 1 atom stereocenters. The minimum absolute atomic E-state index is 0.279. The van der Waals surface area contributed by atoms with E-state index in [0.29, 0.717) is 6.04 Å². The minimum atomic E-state index is 0.279. The van der Waals surface area contributed by atoms with Crippen LogP contribution in [-0.2, 0) is 0 Å². The van der Waals surface area contributed by atoms with Crippen LogP contribution in [0.4, 0.5) is 0 Å². The van der Waals surface area contributed by atoms with Crippen molar-refractivity contribution in [2.45, 2.75) is 13.0 Å². The van der Waals surface area contributed by atoms with E-state index in [-0.39, 0.29) is 5.75 Å². The van der Waals surface area contributed by atoms with Gasteiger partial charge >= 0.3 is 0 Å². The van der Waals surface area contributed by atoms with E-state index in [1.54, 1.807) is 12.1 Å². The Morgan fingerprint density at radius 2 is 2.38 bits per heavy atom. The molecule has 0 fully saturated rings. The average molecular weight is 176 g/mol. The van der Waals surface area contributed by atoms with Gasteiger partial charge in [0.15, 0.2) is 0 Å². The van der Waals surface area contributed by atoms with Crippen LogP contribution in [0.15, 0.2) is 29.3 Å². The highest BCUT2D eigenvalue weighted by molar-refractivity contribution is 6.00. The summed E-state index contributed by atoms with van der Waals surface area (Å²) in [7, 11) is 0. The van der Waals surface area contributed by atoms with Crippen LogP contribution in [-0.4, -0.2) is 23.5 Å². The summed E-state index contributed by atoms with van der Waals surface area (Å²) in [5, 5.41) is 12.5. The summed E-state index contributed by atoms with van der Waals surface area (Å²) in [5.74, 6) is 1.16. The maximum Gasteiger partial charge on any atom is 0.128 e. The van der Waals surface area contributed by atoms with E-state index in [9.17, 15) is 5.11 Å². The summed E-state index contributed by atoms with van der Waals surface area (Å²) in [6, 6.07) is 7.52. The van der Waals surface area contributed by atoms with Crippen molar-refractivity contribution >= 4 is 5.84 Å². The molecule has 3 nitrogen and oxygen atoms in total. The molecule has 2 N–H and O–H groups in total. The molecule has 0 amide bonds. The Hall–Kier alpha value is -1.51. The Morgan fingerprint density at radius 3 is 3.00 bits per heavy atom. The molecule has 0 spiro atoms. The summed E-state index contributed by atoms with van der Waals surface area (Å²) in [6.45, 7) is 2.89. The molecule has 0 bridgehead atoms. The zero-order chi connectivity index (χ0) is 9.26. The van der Waals surface area contributed by atoms with E-state index in [1.165, 1.54) is 0 Å². The van der Waals surface area contributed by atoms with Gasteiger partial charge in [-0.3, -0.25) is 4.99 Å². The van der Waals surface area contributed by atoms with E-state index in [4.69, 9.17) is 0 Å². The van der Waals surface area contributed by atoms with Crippen LogP contribution in [0.25, 0.3) is 0 Å². The number of aromatic hydroxyl groups is 1. The Kier molecular flexibility index (Phi) is 1.93. The molecule has 68 valence electrons. The third-order valence-electron chi connectivity index (χ3n) is 2.03. The molecule has 0 unspecified atom stereocenters. The fourth-order valence-electron chi connectivity index (χ4n) is 1.38. The fraction of sp³-hybridized carbons (Fsp3) is 0.300. The predicted octanol–water partition coefficient (Wildman–Crippen LogP) is 1.13. The molecule has 1 aliphatic heterocycles. The number of benzene rings is 1. The van der Waals surface area contributed by atoms with Gasteiger partial charge < -0.3 is 10.4 Å². The fourth-order valence-corrected chi connectivity index (χ4v) is 1.38. The van der Waals surface area contributed by atoms with E-state index < -0.39 is 0 Å². The van der Waals surface area contributed by atoms with Gasteiger partial charge in [0.25, 0.3) is 0 Å². The molecule has 13 heavy (non-hydrogen) atoms. The normalized spacial score (nSPS) is 21.0. The second-order valence-corrected chi connectivity index (χ2v) is 3.29. The van der Waals surface area contributed by atoms with Crippen molar-refractivity contribution in [2.75, 3.05) is 6.54 Å². The molecular weight excluding hydrogens is 164 g/mol. The Balaban J connectivity index is 2.26. The third kappa shape index (κ3) is 1.64. The SMILES string of the molecule is C[C@H]1CN=C(c2cccc(O)c2)N1. The van der Waals surface area contributed by atoms with Crippen molar-refractivity contribution in [1.82, 2.24) is 5.32 Å². The number of hydrogen-bond acceptors (Lipinski definition) is 3. The maximum absolute atomic E-state index is 9.26. The highest BCUT2D eigenvalue weighted by Crippen LogP contribution is 2.13. The zero-order valence-electron chi connectivity index (χ0n) is 7.49. The van der Waals surface area contributed by atoms with Crippen LogP contribution in [0.1, 0.15) is 12.5 Å². The number of nitrogens with zero attached hydrogens (tertiary/aromatic N) is 1. The third-order valence-corrected chi connectivity index (χ3v) is 2.03. The lowest BCUT2D eigenvalue weighted by Gasteiger charge is -2.05. The largest absolute Gasteiger partial charge is 0.508 e. The number of hydrogen-bond donors (Lipinski definition) is 2. The quantitative estimate of drug-likeness (QED) is 0.673. The van der Waals surface area contributed by atoms with Gasteiger partial charge in [-0.05, 0) is 19.1 Å². The lowest BCUT2D eigenvalue weighted by Crippen LogP contribution is -2.27. The molecule has 1 aromatic carbocycles. The Morgan fingerprint density at radius 1 is 1.54 bits per heavy atom. The van der Waals surface area contributed by atoms with Crippen molar-refractivity contribution in [3.63, 3.8) is 0 Å². The first-order chi connectivity index (χ1) is 6.25. The molecule has 0 saturated heterocycles. The summed E-state index contributed by atoms with van der Waals surface area (Å²) < 4.78 is 0. The highest BCUT2D eigenvalue weighted by atomic mass is 16.3. The molecule has 0 aliphatic carbocycles. The van der Waals surface area contributed by atoms with Crippen molar-refractivity contribution in [3.05, 3.63) is 29.8 Å². The Labute approximate surface area is 77.1 Å². The molecule has 2 rings (SSSR count). The van der Waals surface area contributed by atoms with Gasteiger partial charge in [-0.2, -0.15) is 0 Å². The first-order valence-electron chi connectivity index (χ1n) is 4.36. The van der Waals surface area contributed by atoms with Crippen molar-refractivity contribution in [3.8, 4) is 5.75 Å². The highest BCUT2D eigenvalue weighted by Gasteiger charge is 2.13. The average Bonchev–Trinajstić information content (AvgIpc) is 2.52. The van der Waals surface area contributed by atoms with E-state index in [2.05, 4.69) is 17.2 Å². The smallest absolute Gasteiger partial charge is 0.128 e. The number of phenols is 1. The molecule has 3 heteroatoms. The molecule has 1 aliphatic rings. The predicted molar refractivity (Wildman–Crippen MR) is 52.1 cm³/mol. The second kappa shape index (κ2) is 3.09. The van der Waals surface area contributed by atoms with Gasteiger partial charge in [-0.15, -0.1) is 0 Å². The number of nitrogens with one attached hydrogen (secondary N) is 1. The monoisotopic (exact) mass is 176 g/mol. The molecule has 1 heterocycles. The second-order valence-electron chi connectivity index (χ2n) is 3.29. The molecular formula is C10H12N2O. The minimum Gasteiger partial charge on any atom is -0.508 e. The number of aliphatic imine (C=N–C) groups is 1. The lowest BCUT2D eigenvalue weighted by atomic mass is 10.2. The van der Waals surface area contributed by atoms with Gasteiger partial charge in [0.05, 0.1) is 6.54 Å². The number of rotatable bonds is 1.